The molecule has 1 rings (SSSR count). The smallest absolute Gasteiger partial charge is 0.237 e. The Morgan fingerprint density at radius 2 is 2.27 bits per heavy atom. The van der Waals surface area contributed by atoms with Gasteiger partial charge in [0.2, 0.25) is 5.91 Å². The Bertz CT molecular complexity index is 194. The van der Waals surface area contributed by atoms with Crippen molar-refractivity contribution in [2.45, 2.75) is 26.3 Å². The monoisotopic (exact) mass is 236 g/mol. The highest BCUT2D eigenvalue weighted by Gasteiger charge is 2.20. The average Bonchev–Trinajstić information content (AvgIpc) is 2.65. The standard InChI is InChI=1S/C10H20N2O2.ClH/c1-7(2)9(11)10(13)12-5-8-3-4-14-6-8;/h7-9H,3-6,11H2,1-2H3,(H,12,13);1H/t8?,9-;/m0./s1. The largest absolute Gasteiger partial charge is 0.381 e. The molecule has 0 spiro atoms. The maximum Gasteiger partial charge on any atom is 0.237 e. The number of nitrogens with two attached hydrogens (primary N) is 1. The second kappa shape index (κ2) is 7.04. The van der Waals surface area contributed by atoms with Gasteiger partial charge >= 0.3 is 0 Å². The van der Waals surface area contributed by atoms with Gasteiger partial charge in [-0.3, -0.25) is 4.79 Å². The molecule has 90 valence electrons. The van der Waals surface area contributed by atoms with Crippen LogP contribution in [0.5, 0.6) is 0 Å². The summed E-state index contributed by atoms with van der Waals surface area (Å²) in [5.74, 6) is 0.611. The fourth-order valence-electron chi connectivity index (χ4n) is 1.41. The molecule has 1 fully saturated rings. The lowest BCUT2D eigenvalue weighted by Crippen LogP contribution is -2.45. The van der Waals surface area contributed by atoms with Crippen molar-refractivity contribution in [2.24, 2.45) is 17.6 Å². The van der Waals surface area contributed by atoms with E-state index in [1.165, 1.54) is 0 Å². The molecule has 5 heteroatoms. The van der Waals surface area contributed by atoms with Gasteiger partial charge in [0, 0.05) is 19.1 Å². The van der Waals surface area contributed by atoms with Crippen LogP contribution in [0.4, 0.5) is 0 Å². The predicted molar refractivity (Wildman–Crippen MR) is 62.0 cm³/mol. The van der Waals surface area contributed by atoms with Crippen LogP contribution in [0.2, 0.25) is 0 Å². The number of nitrogens with one attached hydrogen (secondary N) is 1. The lowest BCUT2D eigenvalue weighted by atomic mass is 10.0. The van der Waals surface area contributed by atoms with E-state index >= 15 is 0 Å². The third-order valence-corrected chi connectivity index (χ3v) is 2.61. The maximum atomic E-state index is 11.5. The summed E-state index contributed by atoms with van der Waals surface area (Å²) in [4.78, 5) is 11.5. The molecule has 1 heterocycles. The highest BCUT2D eigenvalue weighted by Crippen LogP contribution is 2.10. The molecule has 1 unspecified atom stereocenters. The van der Waals surface area contributed by atoms with E-state index in [0.717, 1.165) is 19.6 Å². The van der Waals surface area contributed by atoms with Crippen LogP contribution in [-0.2, 0) is 9.53 Å². The summed E-state index contributed by atoms with van der Waals surface area (Å²) in [5.41, 5.74) is 5.70. The Morgan fingerprint density at radius 1 is 1.60 bits per heavy atom. The van der Waals surface area contributed by atoms with E-state index in [2.05, 4.69) is 5.32 Å². The van der Waals surface area contributed by atoms with Gasteiger partial charge < -0.3 is 15.8 Å². The van der Waals surface area contributed by atoms with E-state index in [4.69, 9.17) is 10.5 Å². The first-order valence-electron chi connectivity index (χ1n) is 5.22. The lowest BCUT2D eigenvalue weighted by Gasteiger charge is -2.16. The van der Waals surface area contributed by atoms with E-state index in [-0.39, 0.29) is 24.2 Å². The molecule has 0 aromatic heterocycles. The summed E-state index contributed by atoms with van der Waals surface area (Å²) < 4.78 is 5.21. The molecule has 0 aromatic carbocycles. The molecule has 0 aliphatic carbocycles. The molecular formula is C10H21ClN2O2. The summed E-state index contributed by atoms with van der Waals surface area (Å²) in [7, 11) is 0. The van der Waals surface area contributed by atoms with Crippen LogP contribution >= 0.6 is 12.4 Å². The van der Waals surface area contributed by atoms with Crippen molar-refractivity contribution in [1.29, 1.82) is 0 Å². The highest BCUT2D eigenvalue weighted by atomic mass is 35.5. The average molecular weight is 237 g/mol. The normalized spacial score (nSPS) is 22.3. The minimum absolute atomic E-state index is 0. The van der Waals surface area contributed by atoms with Gasteiger partial charge in [-0.15, -0.1) is 12.4 Å². The Balaban J connectivity index is 0.00000196. The van der Waals surface area contributed by atoms with Crippen molar-refractivity contribution in [3.63, 3.8) is 0 Å². The van der Waals surface area contributed by atoms with Gasteiger partial charge in [0.1, 0.15) is 0 Å². The minimum Gasteiger partial charge on any atom is -0.381 e. The molecule has 1 saturated heterocycles. The zero-order chi connectivity index (χ0) is 10.6. The number of carbonyl (C=O) groups excluding carboxylic acids is 1. The molecule has 0 aromatic rings. The van der Waals surface area contributed by atoms with Crippen molar-refractivity contribution < 1.29 is 9.53 Å². The van der Waals surface area contributed by atoms with Gasteiger partial charge in [-0.1, -0.05) is 13.8 Å². The van der Waals surface area contributed by atoms with Crippen LogP contribution < -0.4 is 11.1 Å². The Morgan fingerprint density at radius 3 is 2.73 bits per heavy atom. The first-order valence-corrected chi connectivity index (χ1v) is 5.22. The Labute approximate surface area is 97.3 Å². The Hall–Kier alpha value is -0.320. The van der Waals surface area contributed by atoms with Crippen LogP contribution in [0.25, 0.3) is 0 Å². The van der Waals surface area contributed by atoms with E-state index in [0.29, 0.717) is 12.5 Å². The lowest BCUT2D eigenvalue weighted by molar-refractivity contribution is -0.123. The number of halogens is 1. The van der Waals surface area contributed by atoms with Crippen molar-refractivity contribution >= 4 is 18.3 Å². The molecule has 1 amide bonds. The summed E-state index contributed by atoms with van der Waals surface area (Å²) in [6.07, 6.45) is 1.04. The van der Waals surface area contributed by atoms with Gasteiger partial charge in [-0.2, -0.15) is 0 Å². The molecule has 1 aliphatic heterocycles. The molecule has 0 saturated carbocycles. The van der Waals surface area contributed by atoms with E-state index in [9.17, 15) is 4.79 Å². The predicted octanol–water partition coefficient (Wildman–Crippen LogP) is 0.544. The van der Waals surface area contributed by atoms with E-state index in [1.54, 1.807) is 0 Å². The molecule has 4 nitrogen and oxygen atoms in total. The van der Waals surface area contributed by atoms with Crippen LogP contribution in [-0.4, -0.2) is 31.7 Å². The van der Waals surface area contributed by atoms with E-state index < -0.39 is 6.04 Å². The maximum absolute atomic E-state index is 11.5. The fraction of sp³-hybridized carbons (Fsp3) is 0.900. The summed E-state index contributed by atoms with van der Waals surface area (Å²) in [6, 6.07) is -0.391. The molecule has 3 N–H and O–H groups in total. The Kier molecular flexibility index (Phi) is 6.89. The quantitative estimate of drug-likeness (QED) is 0.749. The van der Waals surface area contributed by atoms with Crippen LogP contribution in [0.1, 0.15) is 20.3 Å². The molecule has 0 radical (unpaired) electrons. The second-order valence-corrected chi connectivity index (χ2v) is 4.24. The topological polar surface area (TPSA) is 64.4 Å². The first kappa shape index (κ1) is 14.7. The van der Waals surface area contributed by atoms with Crippen LogP contribution in [0.15, 0.2) is 0 Å². The number of amides is 1. The van der Waals surface area contributed by atoms with Crippen molar-refractivity contribution in [1.82, 2.24) is 5.32 Å². The van der Waals surface area contributed by atoms with Gasteiger partial charge in [0.25, 0.3) is 0 Å². The number of ether oxygens (including phenoxy) is 1. The molecule has 1 aliphatic rings. The summed E-state index contributed by atoms with van der Waals surface area (Å²) in [6.45, 7) is 6.17. The molecule has 15 heavy (non-hydrogen) atoms. The summed E-state index contributed by atoms with van der Waals surface area (Å²) >= 11 is 0. The van der Waals surface area contributed by atoms with Gasteiger partial charge in [0.05, 0.1) is 12.6 Å². The molecule has 2 atom stereocenters. The SMILES string of the molecule is CC(C)[C@H](N)C(=O)NCC1CCOC1.Cl. The van der Waals surface area contributed by atoms with Gasteiger partial charge in [-0.25, -0.2) is 0 Å². The van der Waals surface area contributed by atoms with Crippen molar-refractivity contribution in [3.05, 3.63) is 0 Å². The second-order valence-electron chi connectivity index (χ2n) is 4.24. The van der Waals surface area contributed by atoms with Crippen LogP contribution in [0.3, 0.4) is 0 Å². The third kappa shape index (κ3) is 4.82. The van der Waals surface area contributed by atoms with Gasteiger partial charge in [0.15, 0.2) is 0 Å². The van der Waals surface area contributed by atoms with Crippen molar-refractivity contribution in [3.8, 4) is 0 Å². The molecule has 0 bridgehead atoms. The summed E-state index contributed by atoms with van der Waals surface area (Å²) in [5, 5.41) is 2.86. The number of rotatable bonds is 4. The van der Waals surface area contributed by atoms with Crippen LogP contribution in [0, 0.1) is 11.8 Å². The zero-order valence-corrected chi connectivity index (χ0v) is 10.2. The number of carbonyl (C=O) groups is 1. The fourth-order valence-corrected chi connectivity index (χ4v) is 1.41. The minimum atomic E-state index is -0.391. The van der Waals surface area contributed by atoms with E-state index in [1.807, 2.05) is 13.8 Å². The van der Waals surface area contributed by atoms with Crippen molar-refractivity contribution in [2.75, 3.05) is 19.8 Å². The number of hydrogen-bond donors (Lipinski definition) is 2. The third-order valence-electron chi connectivity index (χ3n) is 2.61. The number of hydrogen-bond acceptors (Lipinski definition) is 3. The highest BCUT2D eigenvalue weighted by molar-refractivity contribution is 5.85. The first-order chi connectivity index (χ1) is 6.61. The van der Waals surface area contributed by atoms with Gasteiger partial charge in [-0.05, 0) is 12.3 Å². The molecular weight excluding hydrogens is 216 g/mol. The zero-order valence-electron chi connectivity index (χ0n) is 9.36.